The van der Waals surface area contributed by atoms with E-state index in [0.717, 1.165) is 5.56 Å². The van der Waals surface area contributed by atoms with Crippen LogP contribution in [0.25, 0.3) is 0 Å². The van der Waals surface area contributed by atoms with Crippen LogP contribution in [-0.2, 0) is 14.8 Å². The van der Waals surface area contributed by atoms with E-state index in [2.05, 4.69) is 10.6 Å². The minimum absolute atomic E-state index is 0.0501. The molecule has 0 aliphatic heterocycles. The number of anilines is 1. The van der Waals surface area contributed by atoms with Gasteiger partial charge in [-0.2, -0.15) is 4.31 Å². The van der Waals surface area contributed by atoms with Crippen molar-refractivity contribution in [3.63, 3.8) is 0 Å². The summed E-state index contributed by atoms with van der Waals surface area (Å²) in [5.41, 5.74) is 1.84. The Labute approximate surface area is 184 Å². The molecule has 0 saturated heterocycles. The number of benzene rings is 2. The van der Waals surface area contributed by atoms with Gasteiger partial charge in [-0.15, -0.1) is 0 Å². The second kappa shape index (κ2) is 10.5. The van der Waals surface area contributed by atoms with Crippen LogP contribution in [0.3, 0.4) is 0 Å². The second-order valence-corrected chi connectivity index (χ2v) is 9.61. The van der Waals surface area contributed by atoms with Crippen LogP contribution in [0.4, 0.5) is 5.69 Å². The van der Waals surface area contributed by atoms with E-state index in [-0.39, 0.29) is 22.3 Å². The lowest BCUT2D eigenvalue weighted by atomic mass is 10.0. The smallest absolute Gasteiger partial charge is 0.251 e. The third kappa shape index (κ3) is 6.15. The maximum Gasteiger partial charge on any atom is 0.251 e. The number of carbonyl (C=O) groups excluding carboxylic acids is 2. The maximum atomic E-state index is 12.9. The van der Waals surface area contributed by atoms with E-state index in [1.165, 1.54) is 28.6 Å². The van der Waals surface area contributed by atoms with Gasteiger partial charge in [0.1, 0.15) is 6.04 Å². The van der Waals surface area contributed by atoms with Crippen LogP contribution in [0.15, 0.2) is 53.4 Å². The first-order valence-corrected chi connectivity index (χ1v) is 11.8. The zero-order valence-corrected chi connectivity index (χ0v) is 19.5. The molecule has 8 heteroatoms. The van der Waals surface area contributed by atoms with Crippen molar-refractivity contribution < 1.29 is 18.0 Å². The number of sulfonamides is 1. The van der Waals surface area contributed by atoms with Crippen molar-refractivity contribution >= 4 is 27.5 Å². The maximum absolute atomic E-state index is 12.9. The number of amides is 2. The van der Waals surface area contributed by atoms with Crippen molar-refractivity contribution in [2.45, 2.75) is 45.6 Å². The summed E-state index contributed by atoms with van der Waals surface area (Å²) in [5, 5.41) is 5.57. The van der Waals surface area contributed by atoms with E-state index in [9.17, 15) is 18.0 Å². The lowest BCUT2D eigenvalue weighted by Gasteiger charge is -2.22. The highest BCUT2D eigenvalue weighted by Crippen LogP contribution is 2.18. The van der Waals surface area contributed by atoms with Crippen molar-refractivity contribution in [2.75, 3.05) is 18.4 Å². The predicted molar refractivity (Wildman–Crippen MR) is 122 cm³/mol. The molecule has 1 atom stereocenters. The molecule has 2 aromatic carbocycles. The Kier molecular flexibility index (Phi) is 8.36. The number of hydrogen-bond donors (Lipinski definition) is 2. The molecule has 0 aliphatic carbocycles. The van der Waals surface area contributed by atoms with Crippen LogP contribution in [-0.4, -0.2) is 43.7 Å². The molecule has 2 N–H and O–H groups in total. The second-order valence-electron chi connectivity index (χ2n) is 7.67. The predicted octanol–water partition coefficient (Wildman–Crippen LogP) is 3.42. The SMILES string of the molecule is CCN(CC)S(=O)(=O)c1cccc(C(=O)NC(C(=O)Nc2cccc(C)c2)C(C)C)c1. The fourth-order valence-corrected chi connectivity index (χ4v) is 4.72. The quantitative estimate of drug-likeness (QED) is 0.618. The lowest BCUT2D eigenvalue weighted by Crippen LogP contribution is -2.47. The molecule has 2 rings (SSSR count). The number of nitrogens with one attached hydrogen (secondary N) is 2. The zero-order chi connectivity index (χ0) is 23.2. The normalized spacial score (nSPS) is 12.6. The highest BCUT2D eigenvalue weighted by atomic mass is 32.2. The standard InChI is InChI=1S/C23H31N3O4S/c1-6-26(7-2)31(29,30)20-13-9-11-18(15-20)22(27)25-21(16(3)4)23(28)24-19-12-8-10-17(5)14-19/h8-16,21H,6-7H2,1-5H3,(H,24,28)(H,25,27). The summed E-state index contributed by atoms with van der Waals surface area (Å²) < 4.78 is 26.9. The van der Waals surface area contributed by atoms with Gasteiger partial charge in [0.25, 0.3) is 5.91 Å². The van der Waals surface area contributed by atoms with E-state index in [1.807, 2.05) is 39.0 Å². The first-order chi connectivity index (χ1) is 14.6. The van der Waals surface area contributed by atoms with Crippen LogP contribution in [0.2, 0.25) is 0 Å². The van der Waals surface area contributed by atoms with Crippen LogP contribution in [0.5, 0.6) is 0 Å². The molecule has 0 aromatic heterocycles. The van der Waals surface area contributed by atoms with Crippen LogP contribution >= 0.6 is 0 Å². The molecule has 2 amide bonds. The Morgan fingerprint density at radius 1 is 1.00 bits per heavy atom. The molecule has 7 nitrogen and oxygen atoms in total. The van der Waals surface area contributed by atoms with Gasteiger partial charge in [-0.1, -0.05) is 45.9 Å². The molecule has 1 unspecified atom stereocenters. The Balaban J connectivity index is 2.22. The Morgan fingerprint density at radius 2 is 1.65 bits per heavy atom. The summed E-state index contributed by atoms with van der Waals surface area (Å²) in [6.45, 7) is 9.80. The minimum Gasteiger partial charge on any atom is -0.340 e. The topological polar surface area (TPSA) is 95.6 Å². The average molecular weight is 446 g/mol. The van der Waals surface area contributed by atoms with E-state index in [1.54, 1.807) is 19.9 Å². The summed E-state index contributed by atoms with van der Waals surface area (Å²) in [4.78, 5) is 25.7. The van der Waals surface area contributed by atoms with Gasteiger partial charge in [0.15, 0.2) is 0 Å². The molecule has 0 heterocycles. The van der Waals surface area contributed by atoms with Crippen molar-refractivity contribution in [1.29, 1.82) is 0 Å². The molecular formula is C23H31N3O4S. The largest absolute Gasteiger partial charge is 0.340 e. The number of carbonyl (C=O) groups is 2. The molecular weight excluding hydrogens is 414 g/mol. The third-order valence-corrected chi connectivity index (χ3v) is 7.01. The number of aryl methyl sites for hydroxylation is 1. The van der Waals surface area contributed by atoms with Gasteiger partial charge in [0.05, 0.1) is 4.90 Å². The summed E-state index contributed by atoms with van der Waals surface area (Å²) in [6, 6.07) is 12.5. The zero-order valence-electron chi connectivity index (χ0n) is 18.7. The van der Waals surface area contributed by atoms with Gasteiger partial charge in [-0.25, -0.2) is 8.42 Å². The number of rotatable bonds is 9. The molecule has 0 bridgehead atoms. The van der Waals surface area contributed by atoms with Gasteiger partial charge in [0, 0.05) is 24.3 Å². The Morgan fingerprint density at radius 3 is 2.23 bits per heavy atom. The molecule has 0 fully saturated rings. The van der Waals surface area contributed by atoms with Crippen LogP contribution in [0.1, 0.15) is 43.6 Å². The van der Waals surface area contributed by atoms with Gasteiger partial charge in [-0.3, -0.25) is 9.59 Å². The van der Waals surface area contributed by atoms with Crippen molar-refractivity contribution in [2.24, 2.45) is 5.92 Å². The fraction of sp³-hybridized carbons (Fsp3) is 0.391. The molecule has 31 heavy (non-hydrogen) atoms. The Bertz CT molecular complexity index is 1030. The summed E-state index contributed by atoms with van der Waals surface area (Å²) in [5.74, 6) is -1.01. The first-order valence-electron chi connectivity index (χ1n) is 10.4. The highest BCUT2D eigenvalue weighted by Gasteiger charge is 2.26. The first kappa shape index (κ1) is 24.6. The molecule has 0 radical (unpaired) electrons. The summed E-state index contributed by atoms with van der Waals surface area (Å²) >= 11 is 0. The van der Waals surface area contributed by atoms with Crippen LogP contribution < -0.4 is 10.6 Å². The monoisotopic (exact) mass is 445 g/mol. The minimum atomic E-state index is -3.69. The van der Waals surface area contributed by atoms with Crippen molar-refractivity contribution in [1.82, 2.24) is 9.62 Å². The van der Waals surface area contributed by atoms with E-state index >= 15 is 0 Å². The fourth-order valence-electron chi connectivity index (χ4n) is 3.21. The van der Waals surface area contributed by atoms with E-state index in [0.29, 0.717) is 18.8 Å². The Hall–Kier alpha value is -2.71. The molecule has 0 spiro atoms. The van der Waals surface area contributed by atoms with E-state index in [4.69, 9.17) is 0 Å². The molecule has 0 saturated carbocycles. The van der Waals surface area contributed by atoms with E-state index < -0.39 is 22.0 Å². The van der Waals surface area contributed by atoms with Gasteiger partial charge in [-0.05, 0) is 48.7 Å². The number of hydrogen-bond acceptors (Lipinski definition) is 4. The van der Waals surface area contributed by atoms with Crippen LogP contribution in [0, 0.1) is 12.8 Å². The highest BCUT2D eigenvalue weighted by molar-refractivity contribution is 7.89. The molecule has 2 aromatic rings. The molecule has 168 valence electrons. The number of nitrogens with zero attached hydrogens (tertiary/aromatic N) is 1. The van der Waals surface area contributed by atoms with Gasteiger partial charge in [0.2, 0.25) is 15.9 Å². The van der Waals surface area contributed by atoms with Crippen molar-refractivity contribution in [3.8, 4) is 0 Å². The lowest BCUT2D eigenvalue weighted by molar-refractivity contribution is -0.118. The molecule has 0 aliphatic rings. The summed E-state index contributed by atoms with van der Waals surface area (Å²) in [6.07, 6.45) is 0. The third-order valence-electron chi connectivity index (χ3n) is 4.96. The van der Waals surface area contributed by atoms with Gasteiger partial charge < -0.3 is 10.6 Å². The summed E-state index contributed by atoms with van der Waals surface area (Å²) in [7, 11) is -3.69. The average Bonchev–Trinajstić information content (AvgIpc) is 2.72. The van der Waals surface area contributed by atoms with Crippen molar-refractivity contribution in [3.05, 3.63) is 59.7 Å². The van der Waals surface area contributed by atoms with Gasteiger partial charge >= 0.3 is 0 Å².